The molecule has 0 bridgehead atoms. The molecule has 1 atom stereocenters. The average molecular weight is 374 g/mol. The molecule has 6 heteroatoms. The Balaban J connectivity index is 1.86. The highest BCUT2D eigenvalue weighted by molar-refractivity contribution is 6.30. The van der Waals surface area contributed by atoms with Gasteiger partial charge in [-0.05, 0) is 48.4 Å². The summed E-state index contributed by atoms with van der Waals surface area (Å²) in [7, 11) is 2.86. The lowest BCUT2D eigenvalue weighted by atomic mass is 9.89. The molecule has 0 saturated carbocycles. The predicted molar refractivity (Wildman–Crippen MR) is 100 cm³/mol. The summed E-state index contributed by atoms with van der Waals surface area (Å²) < 4.78 is 10.1. The monoisotopic (exact) mass is 373 g/mol. The molecule has 0 aliphatic carbocycles. The molecule has 1 saturated heterocycles. The van der Waals surface area contributed by atoms with Crippen LogP contribution in [0.3, 0.4) is 0 Å². The van der Waals surface area contributed by atoms with Gasteiger partial charge in [0.2, 0.25) is 5.91 Å². The molecule has 0 N–H and O–H groups in total. The molecule has 1 aliphatic heterocycles. The average Bonchev–Trinajstić information content (AvgIpc) is 2.68. The van der Waals surface area contributed by atoms with Crippen molar-refractivity contribution in [2.24, 2.45) is 0 Å². The second-order valence-electron chi connectivity index (χ2n) is 6.17. The molecule has 1 heterocycles. The predicted octanol–water partition coefficient (Wildman–Crippen LogP) is 4.05. The second kappa shape index (κ2) is 7.79. The molecule has 136 valence electrons. The Labute approximate surface area is 157 Å². The van der Waals surface area contributed by atoms with Crippen LogP contribution in [0.4, 0.5) is 5.69 Å². The van der Waals surface area contributed by atoms with Crippen LogP contribution in [0.15, 0.2) is 42.5 Å². The molecular weight excluding hydrogens is 354 g/mol. The Kier molecular flexibility index (Phi) is 5.47. The zero-order chi connectivity index (χ0) is 18.7. The van der Waals surface area contributed by atoms with Crippen LogP contribution < -0.4 is 9.64 Å². The van der Waals surface area contributed by atoms with Crippen LogP contribution >= 0.6 is 11.6 Å². The van der Waals surface area contributed by atoms with Gasteiger partial charge in [0, 0.05) is 29.6 Å². The number of piperidine rings is 1. The van der Waals surface area contributed by atoms with Crippen LogP contribution in [0.5, 0.6) is 5.75 Å². The van der Waals surface area contributed by atoms with Crippen molar-refractivity contribution in [1.29, 1.82) is 0 Å². The maximum Gasteiger partial charge on any atom is 0.341 e. The lowest BCUT2D eigenvalue weighted by Gasteiger charge is -2.33. The van der Waals surface area contributed by atoms with Gasteiger partial charge in [-0.1, -0.05) is 17.7 Å². The molecule has 2 aromatic carbocycles. The third-order valence-electron chi connectivity index (χ3n) is 4.65. The first kappa shape index (κ1) is 18.3. The summed E-state index contributed by atoms with van der Waals surface area (Å²) in [5.41, 5.74) is 2.25. The quantitative estimate of drug-likeness (QED) is 0.759. The minimum absolute atomic E-state index is 0.0988. The van der Waals surface area contributed by atoms with E-state index < -0.39 is 5.97 Å². The van der Waals surface area contributed by atoms with Crippen LogP contribution in [-0.2, 0) is 9.53 Å². The molecule has 2 aromatic rings. The third-order valence-corrected chi connectivity index (χ3v) is 4.90. The summed E-state index contributed by atoms with van der Waals surface area (Å²) in [6.45, 7) is 0.571. The largest absolute Gasteiger partial charge is 0.496 e. The van der Waals surface area contributed by atoms with Gasteiger partial charge in [0.05, 0.1) is 14.2 Å². The highest BCUT2D eigenvalue weighted by Gasteiger charge is 2.28. The highest BCUT2D eigenvalue weighted by atomic mass is 35.5. The topological polar surface area (TPSA) is 55.8 Å². The highest BCUT2D eigenvalue weighted by Crippen LogP contribution is 2.33. The SMILES string of the molecule is COC(=O)c1ccc(C2CCC(=O)N(c3ccc(Cl)cc3)C2)cc1OC. The zero-order valence-corrected chi connectivity index (χ0v) is 15.5. The third kappa shape index (κ3) is 3.68. The van der Waals surface area contributed by atoms with Crippen LogP contribution in [0.2, 0.25) is 5.02 Å². The van der Waals surface area contributed by atoms with Gasteiger partial charge in [-0.2, -0.15) is 0 Å². The first-order valence-corrected chi connectivity index (χ1v) is 8.73. The van der Waals surface area contributed by atoms with E-state index in [4.69, 9.17) is 21.1 Å². The molecule has 5 nitrogen and oxygen atoms in total. The van der Waals surface area contributed by atoms with E-state index in [1.807, 2.05) is 24.3 Å². The van der Waals surface area contributed by atoms with Crippen molar-refractivity contribution in [3.05, 3.63) is 58.6 Å². The van der Waals surface area contributed by atoms with Crippen molar-refractivity contribution >= 4 is 29.2 Å². The standard InChI is InChI=1S/C20H20ClNO4/c1-25-18-11-13(3-9-17(18)20(24)26-2)14-4-10-19(23)22(12-14)16-7-5-15(21)6-8-16/h3,5-9,11,14H,4,10,12H2,1-2H3. The van der Waals surface area contributed by atoms with E-state index in [1.54, 1.807) is 23.1 Å². The summed E-state index contributed by atoms with van der Waals surface area (Å²) in [4.78, 5) is 26.0. The number of carbonyl (C=O) groups is 2. The van der Waals surface area contributed by atoms with Gasteiger partial charge in [-0.15, -0.1) is 0 Å². The summed E-state index contributed by atoms with van der Waals surface area (Å²) >= 11 is 5.94. The molecule has 1 amide bonds. The number of anilines is 1. The lowest BCUT2D eigenvalue weighted by molar-refractivity contribution is -0.119. The molecule has 0 spiro atoms. The van der Waals surface area contributed by atoms with Crippen LogP contribution in [0.1, 0.15) is 34.7 Å². The Hall–Kier alpha value is -2.53. The fraction of sp³-hybridized carbons (Fsp3) is 0.300. The van der Waals surface area contributed by atoms with Crippen molar-refractivity contribution in [2.45, 2.75) is 18.8 Å². The van der Waals surface area contributed by atoms with Crippen molar-refractivity contribution in [3.63, 3.8) is 0 Å². The van der Waals surface area contributed by atoms with Gasteiger partial charge in [-0.3, -0.25) is 4.79 Å². The second-order valence-corrected chi connectivity index (χ2v) is 6.60. The Morgan fingerprint density at radius 3 is 2.54 bits per heavy atom. The number of benzene rings is 2. The van der Waals surface area contributed by atoms with Crippen LogP contribution in [0, 0.1) is 0 Å². The molecule has 1 aliphatic rings. The summed E-state index contributed by atoms with van der Waals surface area (Å²) in [5, 5.41) is 0.637. The van der Waals surface area contributed by atoms with E-state index in [0.717, 1.165) is 17.7 Å². The number of halogens is 1. The number of esters is 1. The maximum atomic E-state index is 12.4. The molecule has 1 fully saturated rings. The summed E-state index contributed by atoms with van der Waals surface area (Å²) in [5.74, 6) is 0.296. The minimum atomic E-state index is -0.435. The van der Waals surface area contributed by atoms with Crippen molar-refractivity contribution < 1.29 is 19.1 Å². The lowest BCUT2D eigenvalue weighted by Crippen LogP contribution is -2.39. The smallest absolute Gasteiger partial charge is 0.341 e. The fourth-order valence-corrected chi connectivity index (χ4v) is 3.35. The molecule has 26 heavy (non-hydrogen) atoms. The number of amides is 1. The molecule has 3 rings (SSSR count). The van der Waals surface area contributed by atoms with E-state index in [0.29, 0.717) is 29.3 Å². The van der Waals surface area contributed by atoms with Crippen molar-refractivity contribution in [1.82, 2.24) is 0 Å². The van der Waals surface area contributed by atoms with E-state index in [-0.39, 0.29) is 11.8 Å². The molecular formula is C20H20ClNO4. The maximum absolute atomic E-state index is 12.4. The number of rotatable bonds is 4. The first-order valence-electron chi connectivity index (χ1n) is 8.35. The Bertz CT molecular complexity index is 819. The van der Waals surface area contributed by atoms with E-state index >= 15 is 0 Å². The van der Waals surface area contributed by atoms with Crippen molar-refractivity contribution in [2.75, 3.05) is 25.7 Å². The number of carbonyl (C=O) groups excluding carboxylic acids is 2. The molecule has 0 aromatic heterocycles. The van der Waals surface area contributed by atoms with Crippen LogP contribution in [-0.4, -0.2) is 32.6 Å². The van der Waals surface area contributed by atoms with E-state index in [1.165, 1.54) is 14.2 Å². The number of nitrogens with zero attached hydrogens (tertiary/aromatic N) is 1. The van der Waals surface area contributed by atoms with E-state index in [2.05, 4.69) is 0 Å². The number of methoxy groups -OCH3 is 2. The van der Waals surface area contributed by atoms with Crippen molar-refractivity contribution in [3.8, 4) is 5.75 Å². The van der Waals surface area contributed by atoms with Gasteiger partial charge in [0.1, 0.15) is 11.3 Å². The summed E-state index contributed by atoms with van der Waals surface area (Å²) in [6.07, 6.45) is 1.22. The fourth-order valence-electron chi connectivity index (χ4n) is 3.23. The summed E-state index contributed by atoms with van der Waals surface area (Å²) in [6, 6.07) is 12.7. The van der Waals surface area contributed by atoms with E-state index in [9.17, 15) is 9.59 Å². The number of ether oxygens (including phenoxy) is 2. The molecule has 0 radical (unpaired) electrons. The number of hydrogen-bond acceptors (Lipinski definition) is 4. The van der Waals surface area contributed by atoms with Crippen LogP contribution in [0.25, 0.3) is 0 Å². The first-order chi connectivity index (χ1) is 12.5. The Morgan fingerprint density at radius 2 is 1.88 bits per heavy atom. The Morgan fingerprint density at radius 1 is 1.15 bits per heavy atom. The normalized spacial score (nSPS) is 17.1. The minimum Gasteiger partial charge on any atom is -0.496 e. The number of hydrogen-bond donors (Lipinski definition) is 0. The molecule has 1 unspecified atom stereocenters. The van der Waals surface area contributed by atoms with Gasteiger partial charge in [-0.25, -0.2) is 4.79 Å². The zero-order valence-electron chi connectivity index (χ0n) is 14.7. The van der Waals surface area contributed by atoms with Gasteiger partial charge >= 0.3 is 5.97 Å². The van der Waals surface area contributed by atoms with Gasteiger partial charge in [0.25, 0.3) is 0 Å². The van der Waals surface area contributed by atoms with Gasteiger partial charge < -0.3 is 14.4 Å². The van der Waals surface area contributed by atoms with Gasteiger partial charge in [0.15, 0.2) is 0 Å².